The van der Waals surface area contributed by atoms with Crippen molar-refractivity contribution < 1.29 is 22.7 Å². The molecule has 9 heteroatoms. The summed E-state index contributed by atoms with van der Waals surface area (Å²) in [5, 5.41) is -0.209. The number of esters is 1. The van der Waals surface area contributed by atoms with Gasteiger partial charge in [-0.15, -0.1) is 0 Å². The molecule has 0 bridgehead atoms. The van der Waals surface area contributed by atoms with Gasteiger partial charge >= 0.3 is 5.97 Å². The molecule has 0 fully saturated rings. The van der Waals surface area contributed by atoms with E-state index in [-0.39, 0.29) is 38.8 Å². The fraction of sp³-hybridized carbons (Fsp3) is 0.333. The molecule has 0 aliphatic rings. The molecule has 0 aliphatic carbocycles. The average Bonchev–Trinajstić information content (AvgIpc) is 2.66. The minimum atomic E-state index is -3.97. The zero-order valence-electron chi connectivity index (χ0n) is 17.0. The van der Waals surface area contributed by atoms with Crippen LogP contribution >= 0.6 is 23.2 Å². The normalized spacial score (nSPS) is 12.6. The Kier molecular flexibility index (Phi) is 8.05. The van der Waals surface area contributed by atoms with Gasteiger partial charge in [0.1, 0.15) is 4.90 Å². The maximum Gasteiger partial charge on any atom is 0.340 e. The molecule has 0 unspecified atom stereocenters. The Labute approximate surface area is 186 Å². The number of aryl methyl sites for hydroxylation is 1. The van der Waals surface area contributed by atoms with Crippen LogP contribution in [0.25, 0.3) is 0 Å². The van der Waals surface area contributed by atoms with E-state index in [1.807, 2.05) is 20.8 Å². The van der Waals surface area contributed by atoms with Crippen molar-refractivity contribution in [3.05, 3.63) is 63.1 Å². The summed E-state index contributed by atoms with van der Waals surface area (Å²) in [5.41, 5.74) is 1.18. The fourth-order valence-corrected chi connectivity index (χ4v) is 4.54. The van der Waals surface area contributed by atoms with Crippen LogP contribution in [0.5, 0.6) is 0 Å². The van der Waals surface area contributed by atoms with E-state index in [0.29, 0.717) is 5.56 Å². The number of benzene rings is 2. The van der Waals surface area contributed by atoms with Crippen molar-refractivity contribution in [2.45, 2.75) is 38.7 Å². The van der Waals surface area contributed by atoms with Crippen LogP contribution in [0.2, 0.25) is 10.0 Å². The summed E-state index contributed by atoms with van der Waals surface area (Å²) in [6.45, 7) is 7.22. The van der Waals surface area contributed by atoms with Crippen molar-refractivity contribution in [3.8, 4) is 0 Å². The SMILES string of the molecule is Cc1ccc(C(=O)[C@@H](C)OC(=O)c2cc(S(=O)(=O)NCC(C)C)c(Cl)cc2Cl)cc1. The maximum absolute atomic E-state index is 12.6. The Balaban J connectivity index is 2.26. The van der Waals surface area contributed by atoms with Gasteiger partial charge in [-0.1, -0.05) is 66.9 Å². The van der Waals surface area contributed by atoms with Crippen molar-refractivity contribution in [2.75, 3.05) is 6.54 Å². The third-order valence-corrected chi connectivity index (χ3v) is 6.40. The number of halogens is 2. The summed E-state index contributed by atoms with van der Waals surface area (Å²) >= 11 is 12.1. The summed E-state index contributed by atoms with van der Waals surface area (Å²) < 4.78 is 32.7. The Morgan fingerprint density at radius 3 is 2.20 bits per heavy atom. The summed E-state index contributed by atoms with van der Waals surface area (Å²) in [5.74, 6) is -1.24. The molecule has 0 spiro atoms. The number of nitrogens with one attached hydrogen (secondary N) is 1. The van der Waals surface area contributed by atoms with Gasteiger partial charge in [0, 0.05) is 12.1 Å². The molecule has 0 aliphatic heterocycles. The average molecular weight is 472 g/mol. The predicted octanol–water partition coefficient (Wildman–Crippen LogP) is 4.66. The first-order valence-electron chi connectivity index (χ1n) is 9.23. The molecule has 1 atom stereocenters. The molecule has 0 aromatic heterocycles. The van der Waals surface area contributed by atoms with E-state index in [2.05, 4.69) is 4.72 Å². The Morgan fingerprint density at radius 1 is 1.03 bits per heavy atom. The van der Waals surface area contributed by atoms with E-state index in [0.717, 1.165) is 17.7 Å². The molecule has 162 valence electrons. The van der Waals surface area contributed by atoms with E-state index in [9.17, 15) is 18.0 Å². The van der Waals surface area contributed by atoms with Crippen LogP contribution in [-0.4, -0.2) is 32.8 Å². The summed E-state index contributed by atoms with van der Waals surface area (Å²) in [4.78, 5) is 24.8. The van der Waals surface area contributed by atoms with Gasteiger partial charge in [-0.3, -0.25) is 4.79 Å². The van der Waals surface area contributed by atoms with E-state index in [4.69, 9.17) is 27.9 Å². The second-order valence-corrected chi connectivity index (χ2v) is 9.84. The van der Waals surface area contributed by atoms with Gasteiger partial charge in [-0.05, 0) is 31.9 Å². The van der Waals surface area contributed by atoms with Crippen molar-refractivity contribution in [1.82, 2.24) is 4.72 Å². The number of ether oxygens (including phenoxy) is 1. The van der Waals surface area contributed by atoms with Crippen LogP contribution in [0.1, 0.15) is 47.1 Å². The quantitative estimate of drug-likeness (QED) is 0.446. The van der Waals surface area contributed by atoms with Gasteiger partial charge in [0.2, 0.25) is 15.8 Å². The predicted molar refractivity (Wildman–Crippen MR) is 117 cm³/mol. The number of hydrogen-bond donors (Lipinski definition) is 1. The number of carbonyl (C=O) groups is 2. The molecule has 0 heterocycles. The monoisotopic (exact) mass is 471 g/mol. The standard InChI is InChI=1S/C21H23Cl2NO5S/c1-12(2)11-24-30(27,28)19-9-16(17(22)10-18(19)23)21(26)29-14(4)20(25)15-7-5-13(3)6-8-15/h5-10,12,14,24H,11H2,1-4H3/t14-/m1/s1. The first-order chi connectivity index (χ1) is 13.9. The highest BCUT2D eigenvalue weighted by Gasteiger charge is 2.26. The minimum Gasteiger partial charge on any atom is -0.451 e. The highest BCUT2D eigenvalue weighted by molar-refractivity contribution is 7.89. The van der Waals surface area contributed by atoms with Crippen LogP contribution in [0.15, 0.2) is 41.3 Å². The molecule has 2 rings (SSSR count). The number of rotatable bonds is 8. The lowest BCUT2D eigenvalue weighted by Crippen LogP contribution is -2.28. The van der Waals surface area contributed by atoms with Gasteiger partial charge in [0.05, 0.1) is 15.6 Å². The highest BCUT2D eigenvalue weighted by Crippen LogP contribution is 2.29. The molecule has 2 aromatic rings. The molecule has 6 nitrogen and oxygen atoms in total. The zero-order valence-corrected chi connectivity index (χ0v) is 19.4. The molecular weight excluding hydrogens is 449 g/mol. The van der Waals surface area contributed by atoms with Crippen LogP contribution in [-0.2, 0) is 14.8 Å². The molecule has 30 heavy (non-hydrogen) atoms. The third-order valence-electron chi connectivity index (χ3n) is 4.20. The largest absolute Gasteiger partial charge is 0.451 e. The van der Waals surface area contributed by atoms with E-state index in [1.165, 1.54) is 6.92 Å². The number of hydrogen-bond acceptors (Lipinski definition) is 5. The smallest absolute Gasteiger partial charge is 0.340 e. The molecule has 0 amide bonds. The Morgan fingerprint density at radius 2 is 1.63 bits per heavy atom. The van der Waals surface area contributed by atoms with Crippen LogP contribution in [0.3, 0.4) is 0 Å². The third kappa shape index (κ3) is 6.04. The molecule has 1 N–H and O–H groups in total. The van der Waals surface area contributed by atoms with E-state index in [1.54, 1.807) is 24.3 Å². The van der Waals surface area contributed by atoms with Crippen LogP contribution < -0.4 is 4.72 Å². The van der Waals surface area contributed by atoms with Crippen molar-refractivity contribution in [1.29, 1.82) is 0 Å². The minimum absolute atomic E-state index is 0.0731. The Bertz CT molecular complexity index is 1050. The summed E-state index contributed by atoms with van der Waals surface area (Å²) in [6.07, 6.45) is -1.09. The van der Waals surface area contributed by atoms with Crippen LogP contribution in [0.4, 0.5) is 0 Å². The zero-order chi connectivity index (χ0) is 22.6. The number of ketones is 1. The van der Waals surface area contributed by atoms with Gasteiger partial charge in [-0.2, -0.15) is 0 Å². The first kappa shape index (κ1) is 24.3. The topological polar surface area (TPSA) is 89.5 Å². The van der Waals surface area contributed by atoms with E-state index >= 15 is 0 Å². The highest BCUT2D eigenvalue weighted by atomic mass is 35.5. The second-order valence-electron chi connectivity index (χ2n) is 7.29. The lowest BCUT2D eigenvalue weighted by molar-refractivity contribution is 0.0318. The number of carbonyl (C=O) groups excluding carboxylic acids is 2. The van der Waals surface area contributed by atoms with E-state index < -0.39 is 22.1 Å². The molecular formula is C21H23Cl2NO5S. The summed E-state index contributed by atoms with van der Waals surface area (Å²) in [7, 11) is -3.97. The number of Topliss-reactive ketones (excluding diaryl/α,β-unsaturated/α-hetero) is 1. The Hall–Kier alpha value is -1.93. The first-order valence-corrected chi connectivity index (χ1v) is 11.5. The molecule has 0 radical (unpaired) electrons. The molecule has 2 aromatic carbocycles. The lowest BCUT2D eigenvalue weighted by atomic mass is 10.1. The van der Waals surface area contributed by atoms with Gasteiger partial charge < -0.3 is 4.74 Å². The maximum atomic E-state index is 12.6. The molecule has 0 saturated heterocycles. The van der Waals surface area contributed by atoms with Gasteiger partial charge in [0.25, 0.3) is 0 Å². The van der Waals surface area contributed by atoms with Crippen LogP contribution in [0, 0.1) is 12.8 Å². The lowest BCUT2D eigenvalue weighted by Gasteiger charge is -2.15. The van der Waals surface area contributed by atoms with Gasteiger partial charge in [-0.25, -0.2) is 17.9 Å². The number of sulfonamides is 1. The molecule has 0 saturated carbocycles. The van der Waals surface area contributed by atoms with Gasteiger partial charge in [0.15, 0.2) is 6.10 Å². The van der Waals surface area contributed by atoms with Crippen molar-refractivity contribution >= 4 is 45.0 Å². The summed E-state index contributed by atoms with van der Waals surface area (Å²) in [6, 6.07) is 9.05. The second kappa shape index (κ2) is 9.92. The van der Waals surface area contributed by atoms with Crippen molar-refractivity contribution in [3.63, 3.8) is 0 Å². The fourth-order valence-electron chi connectivity index (χ4n) is 2.48. The van der Waals surface area contributed by atoms with Crippen molar-refractivity contribution in [2.24, 2.45) is 5.92 Å².